The van der Waals surface area contributed by atoms with Crippen LogP contribution in [0.3, 0.4) is 0 Å². The number of anilines is 1. The number of carbonyl (C=O) groups excluding carboxylic acids is 1. The summed E-state index contributed by atoms with van der Waals surface area (Å²) < 4.78 is 13.0. The molecule has 0 bridgehead atoms. The quantitative estimate of drug-likeness (QED) is 0.380. The first-order chi connectivity index (χ1) is 16.8. The second-order valence-electron chi connectivity index (χ2n) is 7.66. The van der Waals surface area contributed by atoms with E-state index in [1.54, 1.807) is 18.2 Å². The molecule has 0 aliphatic carbocycles. The van der Waals surface area contributed by atoms with Crippen molar-refractivity contribution in [3.8, 4) is 22.9 Å². The van der Waals surface area contributed by atoms with E-state index in [4.69, 9.17) is 14.5 Å². The number of benzene rings is 3. The number of nitrogens with zero attached hydrogens (tertiary/aromatic N) is 4. The van der Waals surface area contributed by atoms with E-state index in [2.05, 4.69) is 15.5 Å². The minimum Gasteiger partial charge on any atom is -0.486 e. The van der Waals surface area contributed by atoms with Crippen LogP contribution >= 0.6 is 11.8 Å². The normalized spacial score (nSPS) is 12.7. The monoisotopic (exact) mass is 469 g/mol. The van der Waals surface area contributed by atoms with Crippen LogP contribution in [0.1, 0.15) is 0 Å². The Morgan fingerprint density at radius 1 is 0.941 bits per heavy atom. The van der Waals surface area contributed by atoms with Crippen LogP contribution in [0, 0.1) is 0 Å². The Bertz CT molecular complexity index is 1520. The average Bonchev–Trinajstić information content (AvgIpc) is 3.32. The molecule has 0 spiro atoms. The van der Waals surface area contributed by atoms with Crippen LogP contribution in [-0.2, 0) is 4.79 Å². The Balaban J connectivity index is 1.29. The van der Waals surface area contributed by atoms with Crippen molar-refractivity contribution in [2.75, 3.05) is 24.3 Å². The maximum atomic E-state index is 12.7. The highest BCUT2D eigenvalue weighted by molar-refractivity contribution is 7.99. The van der Waals surface area contributed by atoms with Crippen LogP contribution in [0.15, 0.2) is 78.0 Å². The summed E-state index contributed by atoms with van der Waals surface area (Å²) >= 11 is 1.31. The van der Waals surface area contributed by atoms with Crippen molar-refractivity contribution in [1.29, 1.82) is 0 Å². The maximum absolute atomic E-state index is 12.7. The standard InChI is InChI=1S/C25H19N5O3S/c31-22(26-17-10-11-20-21(14-17)33-13-12-32-20)15-34-25-29-28-24-18-8-4-5-9-19(18)27-23(30(24)25)16-6-2-1-3-7-16/h1-11,14H,12-13,15H2,(H,26,31). The number of aromatic nitrogens is 4. The Morgan fingerprint density at radius 2 is 1.74 bits per heavy atom. The number of ether oxygens (including phenoxy) is 2. The van der Waals surface area contributed by atoms with Gasteiger partial charge in [0, 0.05) is 22.7 Å². The highest BCUT2D eigenvalue weighted by Gasteiger charge is 2.18. The third-order valence-electron chi connectivity index (χ3n) is 5.41. The van der Waals surface area contributed by atoms with Gasteiger partial charge in [-0.05, 0) is 24.3 Å². The van der Waals surface area contributed by atoms with E-state index in [1.165, 1.54) is 11.8 Å². The van der Waals surface area contributed by atoms with Gasteiger partial charge >= 0.3 is 0 Å². The van der Waals surface area contributed by atoms with Crippen molar-refractivity contribution in [1.82, 2.24) is 19.6 Å². The molecule has 5 aromatic rings. The summed E-state index contributed by atoms with van der Waals surface area (Å²) in [5, 5.41) is 13.2. The molecule has 168 valence electrons. The van der Waals surface area contributed by atoms with Gasteiger partial charge in [-0.1, -0.05) is 54.2 Å². The molecule has 1 amide bonds. The minimum atomic E-state index is -0.159. The molecule has 0 saturated carbocycles. The number of carbonyl (C=O) groups is 1. The number of hydrogen-bond acceptors (Lipinski definition) is 7. The average molecular weight is 470 g/mol. The topological polar surface area (TPSA) is 90.6 Å². The molecule has 6 rings (SSSR count). The Kier molecular flexibility index (Phi) is 5.23. The first-order valence-electron chi connectivity index (χ1n) is 10.8. The fraction of sp³-hybridized carbons (Fsp3) is 0.120. The van der Waals surface area contributed by atoms with Crippen molar-refractivity contribution in [3.05, 3.63) is 72.8 Å². The van der Waals surface area contributed by atoms with Crippen molar-refractivity contribution < 1.29 is 14.3 Å². The van der Waals surface area contributed by atoms with E-state index in [0.29, 0.717) is 41.2 Å². The predicted molar refractivity (Wildman–Crippen MR) is 131 cm³/mol. The lowest BCUT2D eigenvalue weighted by atomic mass is 10.2. The largest absolute Gasteiger partial charge is 0.486 e. The third-order valence-corrected chi connectivity index (χ3v) is 6.34. The summed E-state index contributed by atoms with van der Waals surface area (Å²) in [6, 6.07) is 23.1. The molecule has 8 nitrogen and oxygen atoms in total. The van der Waals surface area contributed by atoms with Crippen molar-refractivity contribution >= 4 is 39.9 Å². The Labute approximate surface area is 198 Å². The molecule has 2 aromatic heterocycles. The zero-order valence-electron chi connectivity index (χ0n) is 18.0. The fourth-order valence-electron chi connectivity index (χ4n) is 3.88. The van der Waals surface area contributed by atoms with Gasteiger partial charge in [-0.2, -0.15) is 0 Å². The number of rotatable bonds is 5. The summed E-state index contributed by atoms with van der Waals surface area (Å²) in [5.74, 6) is 2.05. The number of hydrogen-bond donors (Lipinski definition) is 1. The van der Waals surface area contributed by atoms with Crippen LogP contribution in [0.5, 0.6) is 11.5 Å². The van der Waals surface area contributed by atoms with Gasteiger partial charge in [0.2, 0.25) is 5.91 Å². The summed E-state index contributed by atoms with van der Waals surface area (Å²) in [7, 11) is 0. The number of fused-ring (bicyclic) bond motifs is 4. The lowest BCUT2D eigenvalue weighted by Gasteiger charge is -2.18. The third kappa shape index (κ3) is 3.80. The van der Waals surface area contributed by atoms with Gasteiger partial charge in [-0.3, -0.25) is 9.20 Å². The highest BCUT2D eigenvalue weighted by Crippen LogP contribution is 2.33. The van der Waals surface area contributed by atoms with Crippen molar-refractivity contribution in [2.24, 2.45) is 0 Å². The molecule has 34 heavy (non-hydrogen) atoms. The van der Waals surface area contributed by atoms with E-state index < -0.39 is 0 Å². The van der Waals surface area contributed by atoms with Crippen LogP contribution < -0.4 is 14.8 Å². The summed E-state index contributed by atoms with van der Waals surface area (Å²) in [4.78, 5) is 17.6. The van der Waals surface area contributed by atoms with Crippen LogP contribution in [0.25, 0.3) is 27.9 Å². The molecular formula is C25H19N5O3S. The van der Waals surface area contributed by atoms with Crippen LogP contribution in [0.2, 0.25) is 0 Å². The number of amides is 1. The number of nitrogens with one attached hydrogen (secondary N) is 1. The summed E-state index contributed by atoms with van der Waals surface area (Å²) in [5.41, 5.74) is 3.15. The summed E-state index contributed by atoms with van der Waals surface area (Å²) in [6.07, 6.45) is 0. The molecule has 0 saturated heterocycles. The van der Waals surface area contributed by atoms with E-state index in [-0.39, 0.29) is 11.7 Å². The van der Waals surface area contributed by atoms with E-state index >= 15 is 0 Å². The van der Waals surface area contributed by atoms with Crippen LogP contribution in [-0.4, -0.2) is 44.5 Å². The van der Waals surface area contributed by atoms with Crippen molar-refractivity contribution in [3.63, 3.8) is 0 Å². The molecule has 0 radical (unpaired) electrons. The van der Waals surface area contributed by atoms with Gasteiger partial charge in [0.25, 0.3) is 0 Å². The molecule has 0 atom stereocenters. The van der Waals surface area contributed by atoms with Gasteiger partial charge in [0.15, 0.2) is 22.3 Å². The van der Waals surface area contributed by atoms with E-state index in [9.17, 15) is 4.79 Å². The van der Waals surface area contributed by atoms with Crippen LogP contribution in [0.4, 0.5) is 5.69 Å². The van der Waals surface area contributed by atoms with E-state index in [1.807, 2.05) is 59.0 Å². The van der Waals surface area contributed by atoms with Crippen molar-refractivity contribution in [2.45, 2.75) is 5.16 Å². The predicted octanol–water partition coefficient (Wildman–Crippen LogP) is 4.45. The lowest BCUT2D eigenvalue weighted by molar-refractivity contribution is -0.113. The second-order valence-corrected chi connectivity index (χ2v) is 8.60. The molecular weight excluding hydrogens is 450 g/mol. The SMILES string of the molecule is O=C(CSc1nnc2c3ccccc3nc(-c3ccccc3)n12)Nc1ccc2c(c1)OCCO2. The number of thioether (sulfide) groups is 1. The molecule has 3 heterocycles. The number of para-hydroxylation sites is 1. The first-order valence-corrected chi connectivity index (χ1v) is 11.8. The van der Waals surface area contributed by atoms with E-state index in [0.717, 1.165) is 22.3 Å². The molecule has 1 N–H and O–H groups in total. The molecule has 0 unspecified atom stereocenters. The second kappa shape index (κ2) is 8.68. The zero-order valence-corrected chi connectivity index (χ0v) is 18.8. The molecule has 0 fully saturated rings. The molecule has 1 aliphatic heterocycles. The summed E-state index contributed by atoms with van der Waals surface area (Å²) in [6.45, 7) is 1.02. The Morgan fingerprint density at radius 3 is 2.62 bits per heavy atom. The van der Waals surface area contributed by atoms with Gasteiger partial charge in [-0.25, -0.2) is 4.98 Å². The Hall–Kier alpha value is -4.11. The molecule has 3 aromatic carbocycles. The van der Waals surface area contributed by atoms with Gasteiger partial charge in [0.05, 0.1) is 11.3 Å². The van der Waals surface area contributed by atoms with Gasteiger partial charge in [0.1, 0.15) is 19.0 Å². The molecule has 9 heteroatoms. The highest BCUT2D eigenvalue weighted by atomic mass is 32.2. The van der Waals surface area contributed by atoms with Gasteiger partial charge < -0.3 is 14.8 Å². The lowest BCUT2D eigenvalue weighted by Crippen LogP contribution is -2.17. The fourth-order valence-corrected chi connectivity index (χ4v) is 4.62. The maximum Gasteiger partial charge on any atom is 0.234 e. The minimum absolute atomic E-state index is 0.159. The zero-order chi connectivity index (χ0) is 22.9. The van der Waals surface area contributed by atoms with Gasteiger partial charge in [-0.15, -0.1) is 10.2 Å². The molecule has 1 aliphatic rings. The first kappa shape index (κ1) is 20.5. The smallest absolute Gasteiger partial charge is 0.234 e.